The van der Waals surface area contributed by atoms with Gasteiger partial charge in [-0.1, -0.05) is 19.9 Å². The number of nitrogens with zero attached hydrogens (tertiary/aromatic N) is 1. The fraction of sp³-hybridized carbons (Fsp3) is 0.667. The summed E-state index contributed by atoms with van der Waals surface area (Å²) in [6.07, 6.45) is 4.53. The molecule has 1 aromatic rings. The third-order valence-electron chi connectivity index (χ3n) is 4.60. The van der Waals surface area contributed by atoms with Crippen LogP contribution >= 0.6 is 0 Å². The van der Waals surface area contributed by atoms with Crippen molar-refractivity contribution < 1.29 is 9.76 Å². The molecule has 4 heteroatoms. The lowest BCUT2D eigenvalue weighted by Gasteiger charge is -2.34. The lowest BCUT2D eigenvalue weighted by molar-refractivity contribution is 0.0375. The van der Waals surface area contributed by atoms with Crippen molar-refractivity contribution in [1.29, 1.82) is 0 Å². The average Bonchev–Trinajstić information content (AvgIpc) is 2.47. The molecule has 0 bridgehead atoms. The summed E-state index contributed by atoms with van der Waals surface area (Å²) in [6.45, 7) is 12.4. The monoisotopic (exact) mass is 261 g/mol. The molecule has 0 atom stereocenters. The molecule has 0 saturated carbocycles. The van der Waals surface area contributed by atoms with E-state index in [1.807, 2.05) is 12.3 Å². The van der Waals surface area contributed by atoms with Crippen molar-refractivity contribution >= 4 is 12.4 Å². The van der Waals surface area contributed by atoms with Crippen LogP contribution in [-0.2, 0) is 10.3 Å². The number of rotatable bonds is 2. The van der Waals surface area contributed by atoms with Crippen LogP contribution < -0.4 is 5.46 Å². The molecule has 0 amide bonds. The van der Waals surface area contributed by atoms with E-state index in [1.54, 1.807) is 20.0 Å². The van der Waals surface area contributed by atoms with E-state index in [0.29, 0.717) is 0 Å². The summed E-state index contributed by atoms with van der Waals surface area (Å²) >= 11 is 0. The molecule has 1 aromatic heterocycles. The van der Waals surface area contributed by atoms with Crippen LogP contribution in [0.1, 0.15) is 47.1 Å². The van der Waals surface area contributed by atoms with Crippen LogP contribution in [0.4, 0.5) is 0 Å². The lowest BCUT2D eigenvalue weighted by Crippen LogP contribution is -2.36. The molecule has 104 valence electrons. The van der Waals surface area contributed by atoms with Crippen LogP contribution in [0.25, 0.3) is 0 Å². The summed E-state index contributed by atoms with van der Waals surface area (Å²) in [4.78, 5) is 4.25. The lowest BCUT2D eigenvalue weighted by atomic mass is 9.54. The third kappa shape index (κ3) is 2.70. The first-order valence-electron chi connectivity index (χ1n) is 6.89. The van der Waals surface area contributed by atoms with Gasteiger partial charge >= 0.3 is 6.92 Å². The molecular weight excluding hydrogens is 237 g/mol. The second-order valence-electron chi connectivity index (χ2n) is 7.27. The van der Waals surface area contributed by atoms with Crippen molar-refractivity contribution in [1.82, 2.24) is 4.98 Å². The van der Waals surface area contributed by atoms with Crippen LogP contribution in [0, 0.1) is 5.41 Å². The number of hydrogen-bond donors (Lipinski definition) is 1. The fourth-order valence-corrected chi connectivity index (χ4v) is 2.42. The van der Waals surface area contributed by atoms with Crippen LogP contribution in [0.5, 0.6) is 0 Å². The zero-order valence-corrected chi connectivity index (χ0v) is 12.8. The molecule has 0 radical (unpaired) electrons. The molecule has 2 heterocycles. The molecule has 0 unspecified atom stereocenters. The molecule has 19 heavy (non-hydrogen) atoms. The Morgan fingerprint density at radius 1 is 1.26 bits per heavy atom. The largest absolute Gasteiger partial charge is 0.425 e. The smallest absolute Gasteiger partial charge is 0.329 e. The van der Waals surface area contributed by atoms with Gasteiger partial charge in [-0.05, 0) is 44.9 Å². The quantitative estimate of drug-likeness (QED) is 0.831. The second kappa shape index (κ2) is 4.32. The normalized spacial score (nSPS) is 21.7. The maximum absolute atomic E-state index is 10.1. The second-order valence-corrected chi connectivity index (χ2v) is 7.27. The van der Waals surface area contributed by atoms with E-state index in [1.165, 1.54) is 0 Å². The van der Waals surface area contributed by atoms with Gasteiger partial charge in [0.1, 0.15) is 0 Å². The highest BCUT2D eigenvalue weighted by Crippen LogP contribution is 2.45. The van der Waals surface area contributed by atoms with Crippen LogP contribution in [0.15, 0.2) is 18.5 Å². The predicted octanol–water partition coefficient (Wildman–Crippen LogP) is 2.34. The van der Waals surface area contributed by atoms with Crippen molar-refractivity contribution in [3.05, 3.63) is 24.0 Å². The highest BCUT2D eigenvalue weighted by atomic mass is 16.5. The molecule has 3 nitrogen and oxygen atoms in total. The summed E-state index contributed by atoms with van der Waals surface area (Å²) in [5.41, 5.74) is 0.992. The molecule has 1 N–H and O–H groups in total. The predicted molar refractivity (Wildman–Crippen MR) is 78.6 cm³/mol. The highest BCUT2D eigenvalue weighted by molar-refractivity contribution is 6.68. The summed E-state index contributed by atoms with van der Waals surface area (Å²) < 4.78 is 6.20. The number of hydrogen-bond acceptors (Lipinski definition) is 3. The van der Waals surface area contributed by atoms with Gasteiger partial charge in [-0.25, -0.2) is 0 Å². The van der Waals surface area contributed by atoms with Gasteiger partial charge < -0.3 is 9.76 Å². The zero-order valence-electron chi connectivity index (χ0n) is 12.8. The summed E-state index contributed by atoms with van der Waals surface area (Å²) in [7, 11) is 0. The van der Waals surface area contributed by atoms with Gasteiger partial charge in [-0.2, -0.15) is 0 Å². The Morgan fingerprint density at radius 3 is 2.37 bits per heavy atom. The minimum absolute atomic E-state index is 0.0554. The first kappa shape index (κ1) is 14.5. The van der Waals surface area contributed by atoms with Crippen LogP contribution in [0.3, 0.4) is 0 Å². The van der Waals surface area contributed by atoms with Crippen molar-refractivity contribution in [2.75, 3.05) is 0 Å². The molecule has 0 aromatic carbocycles. The van der Waals surface area contributed by atoms with Gasteiger partial charge in [0.15, 0.2) is 0 Å². The van der Waals surface area contributed by atoms with E-state index in [2.05, 4.69) is 32.7 Å². The summed E-state index contributed by atoms with van der Waals surface area (Å²) in [6, 6.07) is 2.01. The average molecular weight is 261 g/mol. The number of pyridine rings is 1. The van der Waals surface area contributed by atoms with E-state index < -0.39 is 5.60 Å². The maximum atomic E-state index is 10.1. The first-order valence-corrected chi connectivity index (χ1v) is 6.89. The molecule has 2 rings (SSSR count). The van der Waals surface area contributed by atoms with Gasteiger partial charge in [-0.15, -0.1) is 0 Å². The number of aliphatic hydroxyl groups is 1. The van der Waals surface area contributed by atoms with E-state index in [4.69, 9.17) is 4.65 Å². The van der Waals surface area contributed by atoms with E-state index in [9.17, 15) is 5.11 Å². The Morgan fingerprint density at radius 2 is 1.89 bits per heavy atom. The van der Waals surface area contributed by atoms with Crippen LogP contribution in [-0.4, -0.2) is 22.6 Å². The van der Waals surface area contributed by atoms with E-state index in [-0.39, 0.29) is 17.9 Å². The van der Waals surface area contributed by atoms with Gasteiger partial charge in [0.05, 0.1) is 11.2 Å². The molecule has 1 aliphatic heterocycles. The Kier molecular flexibility index (Phi) is 3.31. The topological polar surface area (TPSA) is 42.4 Å². The Labute approximate surface area is 116 Å². The Hall–Kier alpha value is -0.865. The highest BCUT2D eigenvalue weighted by Gasteiger charge is 2.49. The van der Waals surface area contributed by atoms with E-state index >= 15 is 0 Å². The van der Waals surface area contributed by atoms with Crippen molar-refractivity contribution in [2.45, 2.75) is 59.1 Å². The minimum Gasteiger partial charge on any atom is -0.425 e. The summed E-state index contributed by atoms with van der Waals surface area (Å²) in [5.74, 6) is 0. The zero-order chi connectivity index (χ0) is 14.5. The minimum atomic E-state index is -0.868. The molecular formula is C15H24BNO2. The third-order valence-corrected chi connectivity index (χ3v) is 4.60. The van der Waals surface area contributed by atoms with Crippen molar-refractivity contribution in [2.24, 2.45) is 5.41 Å². The SMILES string of the molecule is CC(C)(O)c1cncc(B2CC(C)(C)C(C)(C)O2)c1. The number of aromatic nitrogens is 1. The van der Waals surface area contributed by atoms with Gasteiger partial charge in [-0.3, -0.25) is 4.98 Å². The van der Waals surface area contributed by atoms with Crippen molar-refractivity contribution in [3.8, 4) is 0 Å². The first-order chi connectivity index (χ1) is 8.53. The summed E-state index contributed by atoms with van der Waals surface area (Å²) in [5, 5.41) is 10.1. The van der Waals surface area contributed by atoms with Gasteiger partial charge in [0, 0.05) is 18.0 Å². The van der Waals surface area contributed by atoms with Gasteiger partial charge in [0.25, 0.3) is 0 Å². The molecule has 1 saturated heterocycles. The van der Waals surface area contributed by atoms with Crippen molar-refractivity contribution in [3.63, 3.8) is 0 Å². The van der Waals surface area contributed by atoms with Crippen LogP contribution in [0.2, 0.25) is 6.32 Å². The molecule has 0 spiro atoms. The maximum Gasteiger partial charge on any atom is 0.329 e. The van der Waals surface area contributed by atoms with E-state index in [0.717, 1.165) is 17.3 Å². The fourth-order valence-electron chi connectivity index (χ4n) is 2.42. The molecule has 1 aliphatic rings. The molecule has 1 fully saturated rings. The van der Waals surface area contributed by atoms with Gasteiger partial charge in [0.2, 0.25) is 0 Å². The standard InChI is InChI=1S/C15H24BNO2/c1-13(2)10-16(19-15(13,5)6)12-7-11(8-17-9-12)14(3,4)18/h7-9,18H,10H2,1-6H3. The molecule has 0 aliphatic carbocycles. The Balaban J connectivity index is 2.30. The Bertz CT molecular complexity index is 461.